The minimum absolute atomic E-state index is 0. The second kappa shape index (κ2) is 9.54. The van der Waals surface area contributed by atoms with Crippen LogP contribution in [0.4, 0.5) is 0 Å². The Morgan fingerprint density at radius 3 is 1.96 bits per heavy atom. The van der Waals surface area contributed by atoms with Gasteiger partial charge in [0.05, 0.1) is 20.1 Å². The lowest BCUT2D eigenvalue weighted by molar-refractivity contribution is -0.121. The standard InChI is InChI=1S/C18H21N3O3.ClH/c1-23-14-7-3-12(4-8-14)11-16(17(22)21-18(19)20)13-5-9-15(24-2)10-6-13;/h3-10,16H,11H2,1-2H3,(H4,19,20,21,22);1H. The van der Waals surface area contributed by atoms with Crippen LogP contribution in [-0.4, -0.2) is 26.1 Å². The first-order valence-electron chi connectivity index (χ1n) is 7.45. The van der Waals surface area contributed by atoms with Gasteiger partial charge in [-0.1, -0.05) is 24.3 Å². The molecule has 2 rings (SSSR count). The minimum Gasteiger partial charge on any atom is -0.497 e. The van der Waals surface area contributed by atoms with E-state index in [4.69, 9.17) is 20.6 Å². The Morgan fingerprint density at radius 1 is 1.04 bits per heavy atom. The smallest absolute Gasteiger partial charge is 0.234 e. The fraction of sp³-hybridized carbons (Fsp3) is 0.222. The van der Waals surface area contributed by atoms with Crippen LogP contribution in [-0.2, 0) is 11.2 Å². The summed E-state index contributed by atoms with van der Waals surface area (Å²) in [7, 11) is 3.20. The van der Waals surface area contributed by atoms with E-state index in [2.05, 4.69) is 5.32 Å². The summed E-state index contributed by atoms with van der Waals surface area (Å²) >= 11 is 0. The number of nitrogens with two attached hydrogens (primary N) is 1. The van der Waals surface area contributed by atoms with Crippen molar-refractivity contribution in [3.05, 3.63) is 59.7 Å². The third kappa shape index (κ3) is 5.69. The van der Waals surface area contributed by atoms with Crippen molar-refractivity contribution in [1.29, 1.82) is 5.41 Å². The first-order valence-corrected chi connectivity index (χ1v) is 7.45. The Labute approximate surface area is 153 Å². The molecule has 7 heteroatoms. The third-order valence-corrected chi connectivity index (χ3v) is 3.69. The van der Waals surface area contributed by atoms with Gasteiger partial charge in [-0.2, -0.15) is 0 Å². The van der Waals surface area contributed by atoms with Gasteiger partial charge in [-0.3, -0.25) is 15.5 Å². The van der Waals surface area contributed by atoms with E-state index in [1.165, 1.54) is 0 Å². The van der Waals surface area contributed by atoms with Crippen LogP contribution in [0, 0.1) is 5.41 Å². The summed E-state index contributed by atoms with van der Waals surface area (Å²) in [5.74, 6) is 0.326. The van der Waals surface area contributed by atoms with E-state index in [1.807, 2.05) is 36.4 Å². The molecule has 134 valence electrons. The van der Waals surface area contributed by atoms with Crippen molar-refractivity contribution in [1.82, 2.24) is 5.32 Å². The second-order valence-electron chi connectivity index (χ2n) is 5.28. The van der Waals surface area contributed by atoms with Crippen LogP contribution in [0.5, 0.6) is 11.5 Å². The molecule has 25 heavy (non-hydrogen) atoms. The zero-order valence-electron chi connectivity index (χ0n) is 14.1. The summed E-state index contributed by atoms with van der Waals surface area (Å²) < 4.78 is 10.3. The van der Waals surface area contributed by atoms with Gasteiger partial charge >= 0.3 is 0 Å². The average Bonchev–Trinajstić information content (AvgIpc) is 2.59. The first-order chi connectivity index (χ1) is 11.5. The summed E-state index contributed by atoms with van der Waals surface area (Å²) in [6.07, 6.45) is 0.482. The summed E-state index contributed by atoms with van der Waals surface area (Å²) in [5.41, 5.74) is 7.11. The molecule has 2 aromatic rings. The number of nitrogens with one attached hydrogen (secondary N) is 2. The second-order valence-corrected chi connectivity index (χ2v) is 5.28. The normalized spacial score (nSPS) is 11.0. The number of carbonyl (C=O) groups excluding carboxylic acids is 1. The quantitative estimate of drug-likeness (QED) is 0.542. The molecule has 0 bridgehead atoms. The maximum atomic E-state index is 12.4. The number of guanidine groups is 1. The van der Waals surface area contributed by atoms with Crippen molar-refractivity contribution < 1.29 is 14.3 Å². The van der Waals surface area contributed by atoms with Crippen LogP contribution in [0.3, 0.4) is 0 Å². The maximum Gasteiger partial charge on any atom is 0.234 e. The third-order valence-electron chi connectivity index (χ3n) is 3.69. The Hall–Kier alpha value is -2.73. The van der Waals surface area contributed by atoms with Gasteiger partial charge in [-0.25, -0.2) is 0 Å². The molecule has 0 aromatic heterocycles. The fourth-order valence-electron chi connectivity index (χ4n) is 2.42. The van der Waals surface area contributed by atoms with Crippen LogP contribution in [0.25, 0.3) is 0 Å². The van der Waals surface area contributed by atoms with E-state index < -0.39 is 5.92 Å². The lowest BCUT2D eigenvalue weighted by Gasteiger charge is -2.17. The molecule has 0 radical (unpaired) electrons. The highest BCUT2D eigenvalue weighted by atomic mass is 35.5. The molecule has 0 aliphatic carbocycles. The van der Waals surface area contributed by atoms with Crippen molar-refractivity contribution in [2.45, 2.75) is 12.3 Å². The molecule has 1 amide bonds. The van der Waals surface area contributed by atoms with Crippen molar-refractivity contribution in [2.75, 3.05) is 14.2 Å². The van der Waals surface area contributed by atoms with E-state index in [-0.39, 0.29) is 24.3 Å². The van der Waals surface area contributed by atoms with E-state index in [1.54, 1.807) is 26.4 Å². The predicted octanol–water partition coefficient (Wildman–Crippen LogP) is 2.46. The Balaban J connectivity index is 0.00000312. The summed E-state index contributed by atoms with van der Waals surface area (Å²) in [4.78, 5) is 12.4. The molecule has 0 saturated carbocycles. The molecule has 0 aliphatic heterocycles. The number of hydrogen-bond donors (Lipinski definition) is 3. The van der Waals surface area contributed by atoms with E-state index in [0.717, 1.165) is 16.9 Å². The number of halogens is 1. The average molecular weight is 364 g/mol. The SMILES string of the molecule is COc1ccc(CC(C(=O)NC(=N)N)c2ccc(OC)cc2)cc1.Cl. The maximum absolute atomic E-state index is 12.4. The van der Waals surface area contributed by atoms with Gasteiger partial charge in [0.2, 0.25) is 5.91 Å². The Bertz CT molecular complexity index is 703. The zero-order valence-corrected chi connectivity index (χ0v) is 14.9. The van der Waals surface area contributed by atoms with Crippen molar-refractivity contribution in [3.8, 4) is 11.5 Å². The molecule has 2 aromatic carbocycles. The van der Waals surface area contributed by atoms with Gasteiger partial charge in [-0.15, -0.1) is 12.4 Å². The molecule has 0 spiro atoms. The van der Waals surface area contributed by atoms with Crippen LogP contribution in [0.15, 0.2) is 48.5 Å². The minimum atomic E-state index is -0.465. The lowest BCUT2D eigenvalue weighted by atomic mass is 9.91. The Kier molecular flexibility index (Phi) is 7.75. The van der Waals surface area contributed by atoms with Gasteiger partial charge in [-0.05, 0) is 41.8 Å². The molecule has 1 unspecified atom stereocenters. The monoisotopic (exact) mass is 363 g/mol. The highest BCUT2D eigenvalue weighted by Crippen LogP contribution is 2.24. The number of amides is 1. The van der Waals surface area contributed by atoms with E-state index in [0.29, 0.717) is 12.2 Å². The Morgan fingerprint density at radius 2 is 1.52 bits per heavy atom. The van der Waals surface area contributed by atoms with Crippen LogP contribution < -0.4 is 20.5 Å². The van der Waals surface area contributed by atoms with Crippen LogP contribution in [0.2, 0.25) is 0 Å². The predicted molar refractivity (Wildman–Crippen MR) is 99.7 cm³/mol. The van der Waals surface area contributed by atoms with Crippen molar-refractivity contribution in [2.24, 2.45) is 5.73 Å². The topological polar surface area (TPSA) is 97.4 Å². The first kappa shape index (κ1) is 20.3. The van der Waals surface area contributed by atoms with E-state index >= 15 is 0 Å². The molecule has 0 fully saturated rings. The number of rotatable bonds is 6. The molecular weight excluding hydrogens is 342 g/mol. The number of ether oxygens (including phenoxy) is 2. The molecule has 0 saturated heterocycles. The molecule has 0 heterocycles. The van der Waals surface area contributed by atoms with Crippen LogP contribution in [0.1, 0.15) is 17.0 Å². The van der Waals surface area contributed by atoms with Gasteiger partial charge in [0.1, 0.15) is 11.5 Å². The summed E-state index contributed by atoms with van der Waals surface area (Å²) in [5, 5.41) is 9.67. The lowest BCUT2D eigenvalue weighted by Crippen LogP contribution is -2.39. The van der Waals surface area contributed by atoms with Gasteiger partial charge in [0.25, 0.3) is 0 Å². The number of carbonyl (C=O) groups is 1. The van der Waals surface area contributed by atoms with Gasteiger partial charge < -0.3 is 15.2 Å². The molecule has 0 aliphatic rings. The molecule has 1 atom stereocenters. The fourth-order valence-corrected chi connectivity index (χ4v) is 2.42. The summed E-state index contributed by atoms with van der Waals surface area (Å²) in [6.45, 7) is 0. The van der Waals surface area contributed by atoms with Crippen molar-refractivity contribution >= 4 is 24.3 Å². The highest BCUT2D eigenvalue weighted by Gasteiger charge is 2.22. The highest BCUT2D eigenvalue weighted by molar-refractivity contribution is 5.98. The molecule has 4 N–H and O–H groups in total. The largest absolute Gasteiger partial charge is 0.497 e. The number of methoxy groups -OCH3 is 2. The van der Waals surface area contributed by atoms with Gasteiger partial charge in [0, 0.05) is 0 Å². The number of benzene rings is 2. The van der Waals surface area contributed by atoms with Crippen molar-refractivity contribution in [3.63, 3.8) is 0 Å². The van der Waals surface area contributed by atoms with Crippen LogP contribution >= 0.6 is 12.4 Å². The van der Waals surface area contributed by atoms with E-state index in [9.17, 15) is 4.79 Å². The zero-order chi connectivity index (χ0) is 17.5. The molecular formula is C18H22ClN3O3. The summed E-state index contributed by atoms with van der Waals surface area (Å²) in [6, 6.07) is 14.8. The number of hydrogen-bond acceptors (Lipinski definition) is 4. The van der Waals surface area contributed by atoms with Gasteiger partial charge in [0.15, 0.2) is 5.96 Å². The molecule has 6 nitrogen and oxygen atoms in total.